The topological polar surface area (TPSA) is 75.3 Å². The molecular weight excluding hydrogens is 346 g/mol. The Bertz CT molecular complexity index is 1290. The fourth-order valence-corrected chi connectivity index (χ4v) is 3.25. The molecule has 0 unspecified atom stereocenters. The maximum absolute atomic E-state index is 13.3. The summed E-state index contributed by atoms with van der Waals surface area (Å²) in [6, 6.07) is 15.6. The highest BCUT2D eigenvalue weighted by molar-refractivity contribution is 5.80. The molecule has 0 atom stereocenters. The standard InChI is InChI=1S/C20H13N3O4/c24-19-15-5-1-2-6-16(15)22(13-7-8-17-18(10-13)27-12-26-17)20(25)23(19)14-4-3-9-21-11-14/h1-11H,12H2. The van der Waals surface area contributed by atoms with Crippen molar-refractivity contribution in [3.63, 3.8) is 0 Å². The van der Waals surface area contributed by atoms with E-state index in [2.05, 4.69) is 4.98 Å². The highest BCUT2D eigenvalue weighted by Gasteiger charge is 2.19. The van der Waals surface area contributed by atoms with Crippen LogP contribution in [0.25, 0.3) is 22.3 Å². The molecule has 2 aromatic heterocycles. The van der Waals surface area contributed by atoms with Gasteiger partial charge in [-0.25, -0.2) is 9.36 Å². The summed E-state index contributed by atoms with van der Waals surface area (Å²) in [5, 5.41) is 0.429. The molecule has 0 spiro atoms. The van der Waals surface area contributed by atoms with Crippen molar-refractivity contribution in [1.82, 2.24) is 14.1 Å². The number of hydrogen-bond donors (Lipinski definition) is 0. The Morgan fingerprint density at radius 1 is 0.852 bits per heavy atom. The molecule has 0 saturated carbocycles. The van der Waals surface area contributed by atoms with E-state index in [-0.39, 0.29) is 12.4 Å². The summed E-state index contributed by atoms with van der Waals surface area (Å²) in [5.74, 6) is 1.18. The van der Waals surface area contributed by atoms with Gasteiger partial charge in [-0.15, -0.1) is 0 Å². The first kappa shape index (κ1) is 15.4. The van der Waals surface area contributed by atoms with Gasteiger partial charge in [0, 0.05) is 12.3 Å². The van der Waals surface area contributed by atoms with Gasteiger partial charge in [-0.05, 0) is 36.4 Å². The molecule has 0 bridgehead atoms. The first-order chi connectivity index (χ1) is 13.2. The van der Waals surface area contributed by atoms with E-state index in [1.165, 1.54) is 10.8 Å². The van der Waals surface area contributed by atoms with Gasteiger partial charge in [-0.3, -0.25) is 14.3 Å². The molecule has 7 nitrogen and oxygen atoms in total. The van der Waals surface area contributed by atoms with E-state index in [1.807, 2.05) is 0 Å². The molecule has 1 aliphatic rings. The summed E-state index contributed by atoms with van der Waals surface area (Å²) in [6.45, 7) is 0.142. The molecule has 2 aromatic carbocycles. The Hall–Kier alpha value is -3.87. The van der Waals surface area contributed by atoms with Crippen molar-refractivity contribution in [2.24, 2.45) is 0 Å². The molecule has 0 N–H and O–H groups in total. The minimum Gasteiger partial charge on any atom is -0.454 e. The third-order valence-corrected chi connectivity index (χ3v) is 4.48. The van der Waals surface area contributed by atoms with Crippen molar-refractivity contribution in [1.29, 1.82) is 0 Å². The van der Waals surface area contributed by atoms with Crippen LogP contribution in [0, 0.1) is 0 Å². The highest BCUT2D eigenvalue weighted by Crippen LogP contribution is 2.33. The smallest absolute Gasteiger partial charge is 0.340 e. The number of fused-ring (bicyclic) bond motifs is 2. The summed E-state index contributed by atoms with van der Waals surface area (Å²) in [7, 11) is 0. The minimum atomic E-state index is -0.481. The van der Waals surface area contributed by atoms with Gasteiger partial charge >= 0.3 is 5.69 Å². The Morgan fingerprint density at radius 3 is 2.56 bits per heavy atom. The summed E-state index contributed by atoms with van der Waals surface area (Å²) < 4.78 is 13.4. The molecule has 0 amide bonds. The van der Waals surface area contributed by atoms with E-state index in [1.54, 1.807) is 60.8 Å². The number of pyridine rings is 1. The first-order valence-corrected chi connectivity index (χ1v) is 8.31. The first-order valence-electron chi connectivity index (χ1n) is 8.31. The number of aromatic nitrogens is 3. The van der Waals surface area contributed by atoms with Crippen LogP contribution in [0.15, 0.2) is 76.6 Å². The van der Waals surface area contributed by atoms with Gasteiger partial charge in [0.15, 0.2) is 11.5 Å². The number of para-hydroxylation sites is 1. The van der Waals surface area contributed by atoms with Gasteiger partial charge in [0.1, 0.15) is 0 Å². The van der Waals surface area contributed by atoms with Crippen LogP contribution in [0.5, 0.6) is 11.5 Å². The predicted molar refractivity (Wildman–Crippen MR) is 99.1 cm³/mol. The lowest BCUT2D eigenvalue weighted by molar-refractivity contribution is 0.174. The van der Waals surface area contributed by atoms with Crippen molar-refractivity contribution < 1.29 is 9.47 Å². The summed E-state index contributed by atoms with van der Waals surface area (Å²) in [6.07, 6.45) is 3.08. The molecule has 3 heterocycles. The van der Waals surface area contributed by atoms with Crippen LogP contribution < -0.4 is 20.7 Å². The second-order valence-electron chi connectivity index (χ2n) is 6.02. The Balaban J connectivity index is 1.90. The molecule has 0 saturated heterocycles. The summed E-state index contributed by atoms with van der Waals surface area (Å²) in [5.41, 5.74) is 0.642. The molecule has 0 radical (unpaired) electrons. The molecule has 5 rings (SSSR count). The molecule has 0 fully saturated rings. The Labute approximate surface area is 152 Å². The molecule has 1 aliphatic heterocycles. The van der Waals surface area contributed by atoms with Crippen LogP contribution in [-0.2, 0) is 0 Å². The van der Waals surface area contributed by atoms with Crippen LogP contribution >= 0.6 is 0 Å². The quantitative estimate of drug-likeness (QED) is 0.549. The fourth-order valence-electron chi connectivity index (χ4n) is 3.25. The normalized spacial score (nSPS) is 12.4. The molecule has 132 valence electrons. The van der Waals surface area contributed by atoms with E-state index in [9.17, 15) is 9.59 Å². The van der Waals surface area contributed by atoms with E-state index < -0.39 is 5.69 Å². The van der Waals surface area contributed by atoms with E-state index in [0.29, 0.717) is 33.8 Å². The summed E-state index contributed by atoms with van der Waals surface area (Å²) in [4.78, 5) is 30.4. The third kappa shape index (κ3) is 2.32. The largest absolute Gasteiger partial charge is 0.454 e. The van der Waals surface area contributed by atoms with Gasteiger partial charge in [0.05, 0.1) is 28.5 Å². The lowest BCUT2D eigenvalue weighted by atomic mass is 10.2. The Kier molecular flexibility index (Phi) is 3.33. The van der Waals surface area contributed by atoms with Crippen molar-refractivity contribution in [2.45, 2.75) is 0 Å². The van der Waals surface area contributed by atoms with Crippen LogP contribution in [0.4, 0.5) is 0 Å². The number of rotatable bonds is 2. The number of benzene rings is 2. The molecule has 27 heavy (non-hydrogen) atoms. The average Bonchev–Trinajstić information content (AvgIpc) is 3.17. The minimum absolute atomic E-state index is 0.142. The Morgan fingerprint density at radius 2 is 1.70 bits per heavy atom. The second kappa shape index (κ2) is 5.84. The maximum Gasteiger partial charge on any atom is 0.340 e. The number of ether oxygens (including phenoxy) is 2. The van der Waals surface area contributed by atoms with Gasteiger partial charge in [0.2, 0.25) is 6.79 Å². The number of hydrogen-bond acceptors (Lipinski definition) is 5. The zero-order chi connectivity index (χ0) is 18.4. The maximum atomic E-state index is 13.3. The SMILES string of the molecule is O=c1c2ccccc2n(-c2ccc3c(c2)OCO3)c(=O)n1-c1cccnc1. The van der Waals surface area contributed by atoms with Gasteiger partial charge in [0.25, 0.3) is 5.56 Å². The van der Waals surface area contributed by atoms with Crippen molar-refractivity contribution in [3.8, 4) is 22.9 Å². The van der Waals surface area contributed by atoms with Gasteiger partial charge in [-0.1, -0.05) is 12.1 Å². The van der Waals surface area contributed by atoms with Crippen LogP contribution in [0.2, 0.25) is 0 Å². The molecule has 4 aromatic rings. The summed E-state index contributed by atoms with van der Waals surface area (Å²) >= 11 is 0. The monoisotopic (exact) mass is 359 g/mol. The van der Waals surface area contributed by atoms with E-state index in [0.717, 1.165) is 4.57 Å². The predicted octanol–water partition coefficient (Wildman–Crippen LogP) is 2.27. The molecular formula is C20H13N3O4. The average molecular weight is 359 g/mol. The van der Waals surface area contributed by atoms with Crippen molar-refractivity contribution in [2.75, 3.05) is 6.79 Å². The third-order valence-electron chi connectivity index (χ3n) is 4.48. The zero-order valence-electron chi connectivity index (χ0n) is 14.0. The second-order valence-corrected chi connectivity index (χ2v) is 6.02. The van der Waals surface area contributed by atoms with E-state index >= 15 is 0 Å². The van der Waals surface area contributed by atoms with Gasteiger partial charge in [-0.2, -0.15) is 0 Å². The molecule has 0 aliphatic carbocycles. The lowest BCUT2D eigenvalue weighted by Crippen LogP contribution is -2.38. The number of nitrogens with zero attached hydrogens (tertiary/aromatic N) is 3. The van der Waals surface area contributed by atoms with E-state index in [4.69, 9.17) is 9.47 Å². The van der Waals surface area contributed by atoms with Crippen molar-refractivity contribution in [3.05, 3.63) is 87.8 Å². The van der Waals surface area contributed by atoms with Crippen LogP contribution in [-0.4, -0.2) is 20.9 Å². The van der Waals surface area contributed by atoms with Crippen LogP contribution in [0.3, 0.4) is 0 Å². The zero-order valence-corrected chi connectivity index (χ0v) is 14.0. The lowest BCUT2D eigenvalue weighted by Gasteiger charge is -2.14. The van der Waals surface area contributed by atoms with Crippen molar-refractivity contribution >= 4 is 10.9 Å². The molecule has 7 heteroatoms. The fraction of sp³-hybridized carbons (Fsp3) is 0.0500. The van der Waals surface area contributed by atoms with Crippen LogP contribution in [0.1, 0.15) is 0 Å². The van der Waals surface area contributed by atoms with Gasteiger partial charge < -0.3 is 9.47 Å². The highest BCUT2D eigenvalue weighted by atomic mass is 16.7.